The van der Waals surface area contributed by atoms with Crippen molar-refractivity contribution in [1.82, 2.24) is 16.0 Å². The molecule has 0 saturated carbocycles. The molecular weight excluding hydrogens is 734 g/mol. The lowest BCUT2D eigenvalue weighted by Crippen LogP contribution is -2.46. The van der Waals surface area contributed by atoms with Crippen molar-refractivity contribution in [2.24, 2.45) is 5.92 Å². The van der Waals surface area contributed by atoms with E-state index >= 15 is 0 Å². The lowest BCUT2D eigenvalue weighted by Gasteiger charge is -2.21. The number of nitrogens with one attached hydrogen (secondary N) is 3. The fourth-order valence-electron chi connectivity index (χ4n) is 6.08. The van der Waals surface area contributed by atoms with Crippen LogP contribution in [0.25, 0.3) is 0 Å². The number of hydrogen-bond donors (Lipinski definition) is 6. The molecule has 1 aliphatic rings. The second kappa shape index (κ2) is 33.5. The number of ether oxygens (including phenoxy) is 4. The van der Waals surface area contributed by atoms with Gasteiger partial charge in [-0.15, -0.1) is 0 Å². The zero-order valence-electron chi connectivity index (χ0n) is 33.1. The number of amides is 3. The maximum absolute atomic E-state index is 13.2. The lowest BCUT2D eigenvalue weighted by atomic mass is 9.91. The first kappa shape index (κ1) is 50.3. The number of ketones is 1. The first-order chi connectivity index (χ1) is 27.0. The van der Waals surface area contributed by atoms with Crippen LogP contribution in [0.15, 0.2) is 0 Å². The summed E-state index contributed by atoms with van der Waals surface area (Å²) in [6, 6.07) is -2.64. The molecule has 1 rings (SSSR count). The van der Waals surface area contributed by atoms with E-state index in [4.69, 9.17) is 29.2 Å². The van der Waals surface area contributed by atoms with Crippen molar-refractivity contribution in [2.75, 3.05) is 59.4 Å². The third-order valence-electron chi connectivity index (χ3n) is 9.30. The van der Waals surface area contributed by atoms with Crippen molar-refractivity contribution in [1.29, 1.82) is 0 Å². The fourth-order valence-corrected chi connectivity index (χ4v) is 6.08. The number of rotatable bonds is 22. The summed E-state index contributed by atoms with van der Waals surface area (Å²) in [5.41, 5.74) is 0. The van der Waals surface area contributed by atoms with Gasteiger partial charge >= 0.3 is 17.9 Å². The highest BCUT2D eigenvalue weighted by atomic mass is 16.6. The number of aliphatic carboxylic acids is 3. The third kappa shape index (κ3) is 27.8. The van der Waals surface area contributed by atoms with E-state index in [1.807, 2.05) is 0 Å². The number of carbonyl (C=O) groups excluding carboxylic acids is 4. The predicted molar refractivity (Wildman–Crippen MR) is 204 cm³/mol. The van der Waals surface area contributed by atoms with E-state index in [0.29, 0.717) is 12.8 Å². The Kier molecular flexibility index (Phi) is 30.1. The summed E-state index contributed by atoms with van der Waals surface area (Å²) in [6.07, 6.45) is 13.9. The van der Waals surface area contributed by atoms with E-state index in [0.717, 1.165) is 38.5 Å². The molecular formula is C39H67N3O14. The van der Waals surface area contributed by atoms with E-state index in [1.165, 1.54) is 38.5 Å². The molecule has 0 bridgehead atoms. The first-order valence-corrected chi connectivity index (χ1v) is 20.4. The minimum atomic E-state index is -1.36. The van der Waals surface area contributed by atoms with Gasteiger partial charge in [-0.25, -0.2) is 9.59 Å². The Labute approximate surface area is 330 Å². The smallest absolute Gasteiger partial charge is 0.326 e. The average Bonchev–Trinajstić information content (AvgIpc) is 3.15. The molecule has 0 aromatic carbocycles. The molecule has 0 aromatic rings. The number of carboxylic acid groups (broad SMARTS) is 3. The van der Waals surface area contributed by atoms with E-state index in [9.17, 15) is 38.7 Å². The monoisotopic (exact) mass is 801 g/mol. The van der Waals surface area contributed by atoms with Gasteiger partial charge in [-0.1, -0.05) is 77.0 Å². The van der Waals surface area contributed by atoms with Crippen LogP contribution in [0.5, 0.6) is 0 Å². The Morgan fingerprint density at radius 1 is 0.625 bits per heavy atom. The Morgan fingerprint density at radius 3 is 1.57 bits per heavy atom. The fraction of sp³-hybridized carbons (Fsp3) is 0.821. The standard InChI is InChI=1S/C39H67N3O14/c43-33-15-13-11-9-7-5-3-1-2-4-6-8-10-12-14-16-34(44)42-32(39(51)52)29-30(33)37(48)40-20-22-54-24-26-56-28-27-55-25-23-53-21-19-35(45)41-31(38(49)50)17-18-36(46)47/h30-32H,1-29H2,(H,40,48)(H,41,45)(H,42,44)(H,46,47)(H,49,50)(H,51,52)/t30?,31-,32-/m0/s1. The topological polar surface area (TPSA) is 253 Å². The van der Waals surface area contributed by atoms with Gasteiger partial charge in [-0.2, -0.15) is 0 Å². The van der Waals surface area contributed by atoms with Gasteiger partial charge in [0.05, 0.1) is 58.8 Å². The molecule has 1 saturated heterocycles. The van der Waals surface area contributed by atoms with Gasteiger partial charge in [0, 0.05) is 32.2 Å². The molecule has 17 heteroatoms. The summed E-state index contributed by atoms with van der Waals surface area (Å²) < 4.78 is 21.6. The lowest BCUT2D eigenvalue weighted by molar-refractivity contribution is -0.144. The average molecular weight is 802 g/mol. The van der Waals surface area contributed by atoms with Crippen molar-refractivity contribution in [2.45, 2.75) is 141 Å². The molecule has 0 aliphatic carbocycles. The predicted octanol–water partition coefficient (Wildman–Crippen LogP) is 3.39. The van der Waals surface area contributed by atoms with Crippen LogP contribution in [0.2, 0.25) is 0 Å². The Morgan fingerprint density at radius 2 is 1.09 bits per heavy atom. The summed E-state index contributed by atoms with van der Waals surface area (Å²) in [6.45, 7) is 1.75. The highest BCUT2D eigenvalue weighted by molar-refractivity contribution is 6.02. The van der Waals surface area contributed by atoms with Crippen LogP contribution < -0.4 is 16.0 Å². The Bertz CT molecular complexity index is 1150. The molecule has 1 aliphatic heterocycles. The molecule has 1 heterocycles. The highest BCUT2D eigenvalue weighted by Crippen LogP contribution is 2.18. The van der Waals surface area contributed by atoms with Crippen LogP contribution in [-0.2, 0) is 52.5 Å². The molecule has 1 unspecified atom stereocenters. The molecule has 1 fully saturated rings. The van der Waals surface area contributed by atoms with E-state index in [2.05, 4.69) is 16.0 Å². The van der Waals surface area contributed by atoms with Crippen LogP contribution in [0.4, 0.5) is 0 Å². The zero-order valence-corrected chi connectivity index (χ0v) is 33.1. The zero-order chi connectivity index (χ0) is 41.2. The highest BCUT2D eigenvalue weighted by Gasteiger charge is 2.33. The Hall–Kier alpha value is -3.67. The largest absolute Gasteiger partial charge is 0.481 e. The van der Waals surface area contributed by atoms with Gasteiger partial charge < -0.3 is 50.2 Å². The van der Waals surface area contributed by atoms with E-state index in [-0.39, 0.29) is 104 Å². The van der Waals surface area contributed by atoms with Gasteiger partial charge in [0.15, 0.2) is 0 Å². The minimum Gasteiger partial charge on any atom is -0.481 e. The first-order valence-electron chi connectivity index (χ1n) is 20.4. The second-order valence-corrected chi connectivity index (χ2v) is 14.0. The number of carboxylic acids is 3. The van der Waals surface area contributed by atoms with Crippen molar-refractivity contribution in [3.8, 4) is 0 Å². The molecule has 0 spiro atoms. The van der Waals surface area contributed by atoms with Crippen molar-refractivity contribution in [3.63, 3.8) is 0 Å². The van der Waals surface area contributed by atoms with E-state index in [1.54, 1.807) is 0 Å². The molecule has 3 atom stereocenters. The van der Waals surface area contributed by atoms with Gasteiger partial charge in [0.1, 0.15) is 17.9 Å². The third-order valence-corrected chi connectivity index (χ3v) is 9.30. The van der Waals surface area contributed by atoms with Crippen molar-refractivity contribution < 1.29 is 67.8 Å². The summed E-state index contributed by atoms with van der Waals surface area (Å²) >= 11 is 0. The maximum atomic E-state index is 13.2. The van der Waals surface area contributed by atoms with Gasteiger partial charge in [-0.05, 0) is 25.7 Å². The molecule has 3 amide bonds. The molecule has 6 N–H and O–H groups in total. The quantitative estimate of drug-likeness (QED) is 0.0678. The molecule has 0 aromatic heterocycles. The Balaban J connectivity index is 2.34. The number of Topliss-reactive ketones (excluding diaryl/α,β-unsaturated/α-hetero) is 1. The normalized spacial score (nSPS) is 19.4. The summed E-state index contributed by atoms with van der Waals surface area (Å²) in [5.74, 6) is -6.85. The van der Waals surface area contributed by atoms with E-state index < -0.39 is 53.6 Å². The second-order valence-electron chi connectivity index (χ2n) is 14.0. The van der Waals surface area contributed by atoms with Gasteiger partial charge in [0.25, 0.3) is 0 Å². The summed E-state index contributed by atoms with van der Waals surface area (Å²) in [7, 11) is 0. The summed E-state index contributed by atoms with van der Waals surface area (Å²) in [4.78, 5) is 84.7. The van der Waals surface area contributed by atoms with Gasteiger partial charge in [0.2, 0.25) is 17.7 Å². The summed E-state index contributed by atoms with van der Waals surface area (Å²) in [5, 5.41) is 35.1. The van der Waals surface area contributed by atoms with Crippen molar-refractivity contribution >= 4 is 41.4 Å². The molecule has 17 nitrogen and oxygen atoms in total. The van der Waals surface area contributed by atoms with Crippen LogP contribution in [-0.4, -0.2) is 128 Å². The molecule has 0 radical (unpaired) electrons. The maximum Gasteiger partial charge on any atom is 0.326 e. The SMILES string of the molecule is O=C(O)CC[C@H](NC(=O)CCOCCOCCOCCOCCNC(=O)C1C[C@@H](C(=O)O)NC(=O)CCCCCCCCCCCCCCCCC1=O)C(=O)O. The number of carbonyl (C=O) groups is 7. The van der Waals surface area contributed by atoms with Crippen LogP contribution >= 0.6 is 0 Å². The minimum absolute atomic E-state index is 0.0345. The molecule has 322 valence electrons. The van der Waals surface area contributed by atoms with Crippen LogP contribution in [0.1, 0.15) is 128 Å². The van der Waals surface area contributed by atoms with Crippen molar-refractivity contribution in [3.05, 3.63) is 0 Å². The van der Waals surface area contributed by atoms with Gasteiger partial charge in [-0.3, -0.25) is 24.0 Å². The number of hydrogen-bond acceptors (Lipinski definition) is 11. The molecule has 56 heavy (non-hydrogen) atoms. The van der Waals surface area contributed by atoms with Crippen LogP contribution in [0, 0.1) is 5.92 Å². The van der Waals surface area contributed by atoms with Crippen LogP contribution in [0.3, 0.4) is 0 Å².